The Bertz CT molecular complexity index is 1980. The van der Waals surface area contributed by atoms with E-state index in [0.717, 1.165) is 6.07 Å². The molecule has 1 aromatic heterocycles. The van der Waals surface area contributed by atoms with Crippen LogP contribution in [0.3, 0.4) is 0 Å². The SMILES string of the molecule is O=C(O)c1cccc(Oc2cccc(-c3nn(Cc4ccc(C(F)(F)C(=O)O)c(Br)c4)/c(=N\c4ccc(Cl)c(Cl)c4)s3)c2)c1. The zero-order valence-corrected chi connectivity index (χ0v) is 26.0. The molecule has 0 saturated carbocycles. The first-order valence-electron chi connectivity index (χ1n) is 12.5. The first kappa shape index (κ1) is 31.3. The standard InChI is InChI=1S/C30H18BrCl2F2N3O5S/c31-23-11-16(7-9-22(23)30(34,35)28(41)42)15-38-29(36-19-8-10-24(32)25(33)14-19)44-26(37-38)17-3-1-5-20(12-17)43-21-6-2-4-18(13-21)27(39)40/h1-14H,15H2,(H,39,40)(H,41,42)/b36-29+. The Morgan fingerprint density at radius 2 is 1.68 bits per heavy atom. The van der Waals surface area contributed by atoms with E-state index in [1.807, 2.05) is 6.07 Å². The number of halogens is 5. The second kappa shape index (κ2) is 12.9. The Labute approximate surface area is 270 Å². The van der Waals surface area contributed by atoms with Gasteiger partial charge in [-0.1, -0.05) is 80.8 Å². The highest BCUT2D eigenvalue weighted by molar-refractivity contribution is 9.10. The number of carboxylic acid groups (broad SMARTS) is 2. The topological polar surface area (TPSA) is 114 Å². The fraction of sp³-hybridized carbons (Fsp3) is 0.0667. The summed E-state index contributed by atoms with van der Waals surface area (Å²) in [7, 11) is 0. The van der Waals surface area contributed by atoms with Gasteiger partial charge < -0.3 is 14.9 Å². The summed E-state index contributed by atoms with van der Waals surface area (Å²) in [6.45, 7) is 0.104. The fourth-order valence-corrected chi connectivity index (χ4v) is 5.88. The summed E-state index contributed by atoms with van der Waals surface area (Å²) in [5.41, 5.74) is 1.12. The predicted octanol–water partition coefficient (Wildman–Crippen LogP) is 8.63. The lowest BCUT2D eigenvalue weighted by atomic mass is 10.1. The van der Waals surface area contributed by atoms with Crippen molar-refractivity contribution < 1.29 is 33.3 Å². The summed E-state index contributed by atoms with van der Waals surface area (Å²) >= 11 is 16.6. The van der Waals surface area contributed by atoms with Crippen LogP contribution in [0.5, 0.6) is 11.5 Å². The molecule has 1 heterocycles. The first-order valence-corrected chi connectivity index (χ1v) is 14.9. The Balaban J connectivity index is 1.53. The van der Waals surface area contributed by atoms with E-state index in [4.69, 9.17) is 38.1 Å². The summed E-state index contributed by atoms with van der Waals surface area (Å²) < 4.78 is 35.7. The van der Waals surface area contributed by atoms with Crippen molar-refractivity contribution in [3.63, 3.8) is 0 Å². The molecule has 224 valence electrons. The quantitative estimate of drug-likeness (QED) is 0.158. The van der Waals surface area contributed by atoms with Gasteiger partial charge in [-0.05, 0) is 60.2 Å². The molecule has 0 aliphatic heterocycles. The molecule has 5 aromatic rings. The molecule has 44 heavy (non-hydrogen) atoms. The number of hydrogen-bond donors (Lipinski definition) is 2. The lowest BCUT2D eigenvalue weighted by molar-refractivity contribution is -0.166. The normalized spacial score (nSPS) is 11.9. The lowest BCUT2D eigenvalue weighted by Crippen LogP contribution is -2.26. The molecule has 0 unspecified atom stereocenters. The Kier molecular flexibility index (Phi) is 9.16. The minimum atomic E-state index is -4.07. The molecule has 8 nitrogen and oxygen atoms in total. The van der Waals surface area contributed by atoms with Crippen LogP contribution in [0.25, 0.3) is 10.6 Å². The maximum absolute atomic E-state index is 14.2. The van der Waals surface area contributed by atoms with E-state index < -0.39 is 23.4 Å². The number of ether oxygens (including phenoxy) is 1. The van der Waals surface area contributed by atoms with Crippen LogP contribution in [0, 0.1) is 0 Å². The molecule has 0 fully saturated rings. The number of nitrogens with zero attached hydrogens (tertiary/aromatic N) is 3. The molecule has 0 aliphatic rings. The third-order valence-corrected chi connectivity index (χ3v) is 8.51. The zero-order valence-electron chi connectivity index (χ0n) is 22.0. The Hall–Kier alpha value is -4.10. The van der Waals surface area contributed by atoms with Crippen LogP contribution < -0.4 is 9.54 Å². The van der Waals surface area contributed by atoms with Gasteiger partial charge in [-0.25, -0.2) is 19.3 Å². The van der Waals surface area contributed by atoms with Gasteiger partial charge in [0.25, 0.3) is 0 Å². The van der Waals surface area contributed by atoms with Crippen LogP contribution in [0.1, 0.15) is 21.5 Å². The molecule has 0 aliphatic carbocycles. The van der Waals surface area contributed by atoms with Gasteiger partial charge in [0, 0.05) is 15.6 Å². The second-order valence-electron chi connectivity index (χ2n) is 9.21. The summed E-state index contributed by atoms with van der Waals surface area (Å²) in [6, 6.07) is 21.8. The van der Waals surface area contributed by atoms with Gasteiger partial charge in [-0.15, -0.1) is 0 Å². The highest BCUT2D eigenvalue weighted by Gasteiger charge is 2.42. The predicted molar refractivity (Wildman–Crippen MR) is 165 cm³/mol. The summed E-state index contributed by atoms with van der Waals surface area (Å²) in [5, 5.41) is 24.1. The number of carbonyl (C=O) groups is 2. The third kappa shape index (κ3) is 6.99. The highest BCUT2D eigenvalue weighted by atomic mass is 79.9. The molecule has 0 spiro atoms. The number of rotatable bonds is 9. The maximum Gasteiger partial charge on any atom is 0.379 e. The highest BCUT2D eigenvalue weighted by Crippen LogP contribution is 2.35. The molecule has 0 bridgehead atoms. The van der Waals surface area contributed by atoms with Gasteiger partial charge in [-0.2, -0.15) is 13.9 Å². The summed E-state index contributed by atoms with van der Waals surface area (Å²) in [5.74, 6) is -6.63. The van der Waals surface area contributed by atoms with E-state index in [0.29, 0.717) is 48.2 Å². The van der Waals surface area contributed by atoms with E-state index in [2.05, 4.69) is 20.9 Å². The van der Waals surface area contributed by atoms with Crippen molar-refractivity contribution in [3.8, 4) is 22.1 Å². The molecule has 0 radical (unpaired) electrons. The molecule has 0 saturated heterocycles. The van der Waals surface area contributed by atoms with E-state index in [-0.39, 0.29) is 16.6 Å². The van der Waals surface area contributed by atoms with Crippen LogP contribution in [0.15, 0.2) is 94.4 Å². The van der Waals surface area contributed by atoms with Gasteiger partial charge >= 0.3 is 17.9 Å². The Morgan fingerprint density at radius 3 is 2.36 bits per heavy atom. The monoisotopic (exact) mass is 719 g/mol. The number of hydrogen-bond acceptors (Lipinski definition) is 6. The van der Waals surface area contributed by atoms with E-state index >= 15 is 0 Å². The van der Waals surface area contributed by atoms with Crippen LogP contribution in [-0.4, -0.2) is 31.9 Å². The van der Waals surface area contributed by atoms with Crippen LogP contribution in [0.2, 0.25) is 10.0 Å². The summed E-state index contributed by atoms with van der Waals surface area (Å²) in [6.07, 6.45) is 0. The number of aromatic carboxylic acids is 1. The third-order valence-electron chi connectivity index (χ3n) is 6.12. The smallest absolute Gasteiger partial charge is 0.379 e. The van der Waals surface area contributed by atoms with Gasteiger partial charge in [0.05, 0.1) is 27.8 Å². The van der Waals surface area contributed by atoms with Crippen LogP contribution >= 0.6 is 50.5 Å². The van der Waals surface area contributed by atoms with Crippen molar-refractivity contribution in [3.05, 3.63) is 121 Å². The van der Waals surface area contributed by atoms with Gasteiger partial charge in [-0.3, -0.25) is 0 Å². The van der Waals surface area contributed by atoms with E-state index in [1.165, 1.54) is 35.6 Å². The van der Waals surface area contributed by atoms with Gasteiger partial charge in [0.1, 0.15) is 16.5 Å². The largest absolute Gasteiger partial charge is 0.478 e. The molecule has 14 heteroatoms. The molecular formula is C30H18BrCl2F2N3O5S. The number of aromatic nitrogens is 2. The van der Waals surface area contributed by atoms with Crippen molar-refractivity contribution in [2.24, 2.45) is 4.99 Å². The molecular weight excluding hydrogens is 703 g/mol. The number of benzene rings is 4. The average Bonchev–Trinajstić information content (AvgIpc) is 3.37. The van der Waals surface area contributed by atoms with Crippen LogP contribution in [0.4, 0.5) is 14.5 Å². The van der Waals surface area contributed by atoms with Crippen LogP contribution in [-0.2, 0) is 17.3 Å². The average molecular weight is 721 g/mol. The number of carboxylic acids is 2. The van der Waals surface area contributed by atoms with Crippen molar-refractivity contribution in [2.75, 3.05) is 0 Å². The fourth-order valence-electron chi connectivity index (χ4n) is 4.00. The summed E-state index contributed by atoms with van der Waals surface area (Å²) in [4.78, 5) is 27.5. The Morgan fingerprint density at radius 1 is 0.955 bits per heavy atom. The zero-order chi connectivity index (χ0) is 31.6. The maximum atomic E-state index is 14.2. The second-order valence-corrected chi connectivity index (χ2v) is 11.8. The van der Waals surface area contributed by atoms with Crippen molar-refractivity contribution in [1.29, 1.82) is 0 Å². The van der Waals surface area contributed by atoms with E-state index in [1.54, 1.807) is 53.2 Å². The minimum absolute atomic E-state index is 0.0711. The molecule has 5 rings (SSSR count). The minimum Gasteiger partial charge on any atom is -0.478 e. The van der Waals surface area contributed by atoms with E-state index in [9.17, 15) is 23.5 Å². The number of aliphatic carboxylic acids is 1. The van der Waals surface area contributed by atoms with Crippen molar-refractivity contribution in [2.45, 2.75) is 12.5 Å². The molecule has 0 amide bonds. The van der Waals surface area contributed by atoms with Gasteiger partial charge in [0.2, 0.25) is 4.80 Å². The first-order chi connectivity index (χ1) is 20.9. The lowest BCUT2D eigenvalue weighted by Gasteiger charge is -2.14. The van der Waals surface area contributed by atoms with Crippen molar-refractivity contribution in [1.82, 2.24) is 9.78 Å². The molecule has 0 atom stereocenters. The van der Waals surface area contributed by atoms with Crippen molar-refractivity contribution >= 4 is 68.1 Å². The molecule has 2 N–H and O–H groups in total. The van der Waals surface area contributed by atoms with Gasteiger partial charge in [0.15, 0.2) is 0 Å². The molecule has 4 aromatic carbocycles. The number of alkyl halides is 2.